The van der Waals surface area contributed by atoms with Crippen molar-refractivity contribution in [2.45, 2.75) is 12.5 Å². The summed E-state index contributed by atoms with van der Waals surface area (Å²) in [7, 11) is 0. The largest absolute Gasteiger partial charge is 0.477 e. The minimum absolute atomic E-state index is 0.0208. The van der Waals surface area contributed by atoms with Gasteiger partial charge in [-0.15, -0.1) is 0 Å². The number of ketones is 1. The number of hydrogen-bond donors (Lipinski definition) is 0. The van der Waals surface area contributed by atoms with Crippen molar-refractivity contribution < 1.29 is 19.1 Å². The average molecular weight is 232 g/mol. The van der Waals surface area contributed by atoms with E-state index in [1.165, 1.54) is 6.08 Å². The number of rotatable bonds is 3. The molecule has 0 aromatic heterocycles. The van der Waals surface area contributed by atoms with E-state index in [-0.39, 0.29) is 18.8 Å². The van der Waals surface area contributed by atoms with Gasteiger partial charge in [0, 0.05) is 0 Å². The molecule has 0 bridgehead atoms. The number of fused-ring (bicyclic) bond motifs is 1. The van der Waals surface area contributed by atoms with E-state index in [4.69, 9.17) is 9.47 Å². The Morgan fingerprint density at radius 1 is 1.53 bits per heavy atom. The van der Waals surface area contributed by atoms with Crippen molar-refractivity contribution in [1.29, 1.82) is 0 Å². The SMILES string of the molecule is C=CCOC(=O)C1CC(=O)c2ccccc2O1. The Kier molecular flexibility index (Phi) is 3.23. The lowest BCUT2D eigenvalue weighted by Gasteiger charge is -2.23. The molecule has 1 aromatic rings. The maximum atomic E-state index is 11.8. The Hall–Kier alpha value is -2.10. The minimum Gasteiger partial charge on any atom is -0.477 e. The number of hydrogen-bond acceptors (Lipinski definition) is 4. The van der Waals surface area contributed by atoms with Crippen molar-refractivity contribution in [3.05, 3.63) is 42.5 Å². The first-order valence-corrected chi connectivity index (χ1v) is 5.29. The molecule has 0 N–H and O–H groups in total. The molecule has 0 amide bonds. The maximum Gasteiger partial charge on any atom is 0.348 e. The van der Waals surface area contributed by atoms with Crippen LogP contribution in [0, 0.1) is 0 Å². The van der Waals surface area contributed by atoms with Crippen molar-refractivity contribution in [3.8, 4) is 5.75 Å². The fourth-order valence-electron chi connectivity index (χ4n) is 1.64. The van der Waals surface area contributed by atoms with Crippen LogP contribution in [0.3, 0.4) is 0 Å². The Morgan fingerprint density at radius 3 is 3.06 bits per heavy atom. The normalized spacial score (nSPS) is 17.9. The third-order valence-electron chi connectivity index (χ3n) is 2.43. The predicted octanol–water partition coefficient (Wildman–Crippen LogP) is 1.75. The second-order valence-corrected chi connectivity index (χ2v) is 3.65. The smallest absolute Gasteiger partial charge is 0.348 e. The fraction of sp³-hybridized carbons (Fsp3) is 0.231. The van der Waals surface area contributed by atoms with Gasteiger partial charge in [-0.1, -0.05) is 24.8 Å². The molecule has 0 saturated heterocycles. The molecular formula is C13H12O4. The molecule has 17 heavy (non-hydrogen) atoms. The van der Waals surface area contributed by atoms with E-state index in [0.717, 1.165) is 0 Å². The van der Waals surface area contributed by atoms with E-state index < -0.39 is 12.1 Å². The van der Waals surface area contributed by atoms with Crippen LogP contribution in [0.15, 0.2) is 36.9 Å². The number of para-hydroxylation sites is 1. The lowest BCUT2D eigenvalue weighted by Crippen LogP contribution is -2.35. The van der Waals surface area contributed by atoms with Crippen LogP contribution in [0.4, 0.5) is 0 Å². The molecule has 0 aliphatic carbocycles. The summed E-state index contributed by atoms with van der Waals surface area (Å²) in [4.78, 5) is 23.3. The van der Waals surface area contributed by atoms with Crippen molar-refractivity contribution in [2.75, 3.05) is 6.61 Å². The molecule has 0 fully saturated rings. The second kappa shape index (κ2) is 4.82. The van der Waals surface area contributed by atoms with Gasteiger partial charge in [-0.3, -0.25) is 4.79 Å². The average Bonchev–Trinajstić information content (AvgIpc) is 2.36. The molecule has 4 nitrogen and oxygen atoms in total. The van der Waals surface area contributed by atoms with Crippen molar-refractivity contribution in [1.82, 2.24) is 0 Å². The van der Waals surface area contributed by atoms with Crippen LogP contribution >= 0.6 is 0 Å². The van der Waals surface area contributed by atoms with Crippen LogP contribution in [0.5, 0.6) is 5.75 Å². The van der Waals surface area contributed by atoms with Gasteiger partial charge in [0.2, 0.25) is 6.10 Å². The van der Waals surface area contributed by atoms with Crippen LogP contribution in [-0.2, 0) is 9.53 Å². The first kappa shape index (κ1) is 11.4. The van der Waals surface area contributed by atoms with Gasteiger partial charge < -0.3 is 9.47 Å². The molecule has 1 aliphatic rings. The zero-order valence-electron chi connectivity index (χ0n) is 9.22. The maximum absolute atomic E-state index is 11.8. The van der Waals surface area contributed by atoms with E-state index in [9.17, 15) is 9.59 Å². The van der Waals surface area contributed by atoms with Crippen molar-refractivity contribution in [3.63, 3.8) is 0 Å². The molecule has 0 spiro atoms. The van der Waals surface area contributed by atoms with E-state index in [0.29, 0.717) is 11.3 Å². The van der Waals surface area contributed by atoms with E-state index in [1.807, 2.05) is 0 Å². The predicted molar refractivity (Wildman–Crippen MR) is 61.0 cm³/mol. The Labute approximate surface area is 98.8 Å². The first-order chi connectivity index (χ1) is 8.22. The fourth-order valence-corrected chi connectivity index (χ4v) is 1.64. The summed E-state index contributed by atoms with van der Waals surface area (Å²) in [5.41, 5.74) is 0.514. The summed E-state index contributed by atoms with van der Waals surface area (Å²) >= 11 is 0. The van der Waals surface area contributed by atoms with Crippen molar-refractivity contribution in [2.24, 2.45) is 0 Å². The first-order valence-electron chi connectivity index (χ1n) is 5.29. The van der Waals surface area contributed by atoms with Gasteiger partial charge in [0.15, 0.2) is 5.78 Å². The summed E-state index contributed by atoms with van der Waals surface area (Å²) < 4.78 is 10.3. The van der Waals surface area contributed by atoms with Crippen LogP contribution in [0.1, 0.15) is 16.8 Å². The van der Waals surface area contributed by atoms with E-state index >= 15 is 0 Å². The third kappa shape index (κ3) is 2.36. The summed E-state index contributed by atoms with van der Waals surface area (Å²) in [5, 5.41) is 0. The molecule has 1 aliphatic heterocycles. The molecule has 1 aromatic carbocycles. The number of carbonyl (C=O) groups excluding carboxylic acids is 2. The number of esters is 1. The van der Waals surface area contributed by atoms with Gasteiger partial charge in [-0.2, -0.15) is 0 Å². The summed E-state index contributed by atoms with van der Waals surface area (Å²) in [6.07, 6.45) is 0.640. The zero-order valence-corrected chi connectivity index (χ0v) is 9.22. The molecule has 0 radical (unpaired) electrons. The molecule has 4 heteroatoms. The second-order valence-electron chi connectivity index (χ2n) is 3.65. The standard InChI is InChI=1S/C13H12O4/c1-2-7-16-13(15)12-8-10(14)9-5-3-4-6-11(9)17-12/h2-6,12H,1,7-8H2. The van der Waals surface area contributed by atoms with Gasteiger partial charge in [-0.25, -0.2) is 4.79 Å². The van der Waals surface area contributed by atoms with E-state index in [1.54, 1.807) is 24.3 Å². The van der Waals surface area contributed by atoms with Crippen LogP contribution in [0.25, 0.3) is 0 Å². The van der Waals surface area contributed by atoms with Crippen LogP contribution in [-0.4, -0.2) is 24.5 Å². The number of benzene rings is 1. The third-order valence-corrected chi connectivity index (χ3v) is 2.43. The minimum atomic E-state index is -0.850. The molecule has 88 valence electrons. The number of Topliss-reactive ketones (excluding diaryl/α,β-unsaturated/α-hetero) is 1. The molecule has 1 unspecified atom stereocenters. The highest BCUT2D eigenvalue weighted by molar-refractivity contribution is 6.02. The van der Waals surface area contributed by atoms with Gasteiger partial charge in [-0.05, 0) is 12.1 Å². The van der Waals surface area contributed by atoms with Crippen LogP contribution in [0.2, 0.25) is 0 Å². The van der Waals surface area contributed by atoms with Crippen molar-refractivity contribution >= 4 is 11.8 Å². The highest BCUT2D eigenvalue weighted by atomic mass is 16.6. The molecular weight excluding hydrogens is 220 g/mol. The topological polar surface area (TPSA) is 52.6 Å². The summed E-state index contributed by atoms with van der Waals surface area (Å²) in [5.74, 6) is -0.204. The highest BCUT2D eigenvalue weighted by Gasteiger charge is 2.32. The van der Waals surface area contributed by atoms with E-state index in [2.05, 4.69) is 6.58 Å². The monoisotopic (exact) mass is 232 g/mol. The Balaban J connectivity index is 2.14. The lowest BCUT2D eigenvalue weighted by atomic mass is 10.0. The number of carbonyl (C=O) groups is 2. The quantitative estimate of drug-likeness (QED) is 0.588. The Bertz CT molecular complexity index is 464. The summed E-state index contributed by atoms with van der Waals surface area (Å²) in [6, 6.07) is 6.86. The Morgan fingerprint density at radius 2 is 2.29 bits per heavy atom. The van der Waals surface area contributed by atoms with Crippen LogP contribution < -0.4 is 4.74 Å². The van der Waals surface area contributed by atoms with Gasteiger partial charge >= 0.3 is 5.97 Å². The molecule has 0 saturated carbocycles. The molecule has 2 rings (SSSR count). The molecule has 1 atom stereocenters. The summed E-state index contributed by atoms with van der Waals surface area (Å²) in [6.45, 7) is 3.56. The van der Waals surface area contributed by atoms with Gasteiger partial charge in [0.05, 0.1) is 12.0 Å². The van der Waals surface area contributed by atoms with Gasteiger partial charge in [0.25, 0.3) is 0 Å². The molecule has 1 heterocycles. The number of ether oxygens (including phenoxy) is 2. The zero-order chi connectivity index (χ0) is 12.3. The highest BCUT2D eigenvalue weighted by Crippen LogP contribution is 2.27. The van der Waals surface area contributed by atoms with Gasteiger partial charge in [0.1, 0.15) is 12.4 Å². The lowest BCUT2D eigenvalue weighted by molar-refractivity contribution is -0.150.